The molecule has 30 heavy (non-hydrogen) atoms. The van der Waals surface area contributed by atoms with Crippen molar-refractivity contribution in [3.63, 3.8) is 0 Å². The first kappa shape index (κ1) is 19.2. The normalized spacial score (nSPS) is 15.9. The molecule has 0 aliphatic carbocycles. The van der Waals surface area contributed by atoms with Crippen LogP contribution in [0, 0.1) is 5.82 Å². The minimum Gasteiger partial charge on any atom is -0.342 e. The SMILES string of the molecule is CCc1ccc2nc(CCN3CCC(c4ccnc5ccc(F)cc45)CC3)[nH]c2c1. The minimum atomic E-state index is -0.189. The highest BCUT2D eigenvalue weighted by Crippen LogP contribution is 2.32. The molecule has 0 amide bonds. The Hall–Kier alpha value is -2.79. The van der Waals surface area contributed by atoms with Crippen LogP contribution >= 0.6 is 0 Å². The zero-order chi connectivity index (χ0) is 20.5. The molecule has 1 N–H and O–H groups in total. The number of nitrogens with one attached hydrogen (secondary N) is 1. The molecule has 2 aromatic carbocycles. The summed E-state index contributed by atoms with van der Waals surface area (Å²) in [6.45, 7) is 5.31. The molecule has 4 aromatic rings. The van der Waals surface area contributed by atoms with E-state index in [2.05, 4.69) is 46.1 Å². The van der Waals surface area contributed by atoms with Crippen molar-refractivity contribution in [3.05, 3.63) is 71.4 Å². The van der Waals surface area contributed by atoms with Crippen molar-refractivity contribution >= 4 is 21.9 Å². The smallest absolute Gasteiger partial charge is 0.123 e. The van der Waals surface area contributed by atoms with E-state index in [1.54, 1.807) is 12.1 Å². The summed E-state index contributed by atoms with van der Waals surface area (Å²) in [5.41, 5.74) is 5.65. The third kappa shape index (κ3) is 3.82. The van der Waals surface area contributed by atoms with Gasteiger partial charge in [-0.2, -0.15) is 0 Å². The first-order valence-corrected chi connectivity index (χ1v) is 10.9. The Morgan fingerprint density at radius 3 is 2.73 bits per heavy atom. The molecule has 5 heteroatoms. The van der Waals surface area contributed by atoms with Gasteiger partial charge >= 0.3 is 0 Å². The van der Waals surface area contributed by atoms with Gasteiger partial charge in [-0.05, 0) is 85.8 Å². The number of nitrogens with zero attached hydrogens (tertiary/aromatic N) is 3. The molecule has 1 aliphatic heterocycles. The molecule has 5 rings (SSSR count). The number of piperidine rings is 1. The van der Waals surface area contributed by atoms with Gasteiger partial charge in [0.2, 0.25) is 0 Å². The quantitative estimate of drug-likeness (QED) is 0.497. The lowest BCUT2D eigenvalue weighted by atomic mass is 9.87. The molecule has 3 heterocycles. The van der Waals surface area contributed by atoms with Gasteiger partial charge in [-0.15, -0.1) is 0 Å². The molecular weight excluding hydrogens is 375 g/mol. The molecular formula is C25H27FN4. The molecule has 1 aliphatic rings. The standard InChI is InChI=1S/C25H27FN4/c1-2-17-3-5-23-24(15-17)29-25(28-23)10-14-30-12-8-18(9-13-30)20-7-11-27-22-6-4-19(26)16-21(20)22/h3-7,11,15-16,18H,2,8-10,12-14H2,1H3,(H,28,29). The predicted molar refractivity (Wildman–Crippen MR) is 119 cm³/mol. The van der Waals surface area contributed by atoms with Crippen LogP contribution in [0.15, 0.2) is 48.7 Å². The molecule has 0 unspecified atom stereocenters. The van der Waals surface area contributed by atoms with Crippen molar-refractivity contribution in [2.75, 3.05) is 19.6 Å². The Balaban J connectivity index is 1.22. The average Bonchev–Trinajstić information content (AvgIpc) is 3.19. The van der Waals surface area contributed by atoms with Crippen molar-refractivity contribution in [2.24, 2.45) is 0 Å². The lowest BCUT2D eigenvalue weighted by Gasteiger charge is -2.32. The second kappa shape index (κ2) is 8.15. The number of pyridine rings is 1. The number of likely N-dealkylation sites (tertiary alicyclic amines) is 1. The second-order valence-corrected chi connectivity index (χ2v) is 8.32. The van der Waals surface area contributed by atoms with Crippen LogP contribution in [0.2, 0.25) is 0 Å². The summed E-state index contributed by atoms with van der Waals surface area (Å²) >= 11 is 0. The molecule has 1 fully saturated rings. The number of fused-ring (bicyclic) bond motifs is 2. The van der Waals surface area contributed by atoms with Gasteiger partial charge in [0.1, 0.15) is 11.6 Å². The van der Waals surface area contributed by atoms with Gasteiger partial charge in [0.15, 0.2) is 0 Å². The summed E-state index contributed by atoms with van der Waals surface area (Å²) in [5, 5.41) is 0.963. The number of benzene rings is 2. The van der Waals surface area contributed by atoms with Crippen LogP contribution < -0.4 is 0 Å². The molecule has 1 saturated heterocycles. The van der Waals surface area contributed by atoms with Gasteiger partial charge in [0.25, 0.3) is 0 Å². The van der Waals surface area contributed by atoms with Gasteiger partial charge in [0.05, 0.1) is 16.6 Å². The van der Waals surface area contributed by atoms with Crippen molar-refractivity contribution in [2.45, 2.75) is 38.5 Å². The number of aromatic nitrogens is 3. The van der Waals surface area contributed by atoms with E-state index < -0.39 is 0 Å². The van der Waals surface area contributed by atoms with Gasteiger partial charge in [0, 0.05) is 24.5 Å². The van der Waals surface area contributed by atoms with Gasteiger partial charge in [-0.1, -0.05) is 13.0 Å². The largest absolute Gasteiger partial charge is 0.342 e. The maximum Gasteiger partial charge on any atom is 0.123 e. The summed E-state index contributed by atoms with van der Waals surface area (Å²) in [6.07, 6.45) is 6.02. The Morgan fingerprint density at radius 1 is 1.07 bits per heavy atom. The van der Waals surface area contributed by atoms with E-state index in [-0.39, 0.29) is 5.82 Å². The fourth-order valence-corrected chi connectivity index (χ4v) is 4.68. The Kier molecular flexibility index (Phi) is 5.21. The summed E-state index contributed by atoms with van der Waals surface area (Å²) in [6, 6.07) is 13.5. The summed E-state index contributed by atoms with van der Waals surface area (Å²) in [4.78, 5) is 15.2. The second-order valence-electron chi connectivity index (χ2n) is 8.32. The van der Waals surface area contributed by atoms with Crippen LogP contribution in [0.5, 0.6) is 0 Å². The van der Waals surface area contributed by atoms with E-state index in [4.69, 9.17) is 4.98 Å². The first-order chi connectivity index (χ1) is 14.7. The molecule has 0 spiro atoms. The lowest BCUT2D eigenvalue weighted by molar-refractivity contribution is 0.214. The highest BCUT2D eigenvalue weighted by molar-refractivity contribution is 5.82. The molecule has 2 aromatic heterocycles. The Bertz CT molecular complexity index is 1170. The lowest BCUT2D eigenvalue weighted by Crippen LogP contribution is -2.34. The third-order valence-corrected chi connectivity index (χ3v) is 6.43. The molecule has 0 atom stereocenters. The third-order valence-electron chi connectivity index (χ3n) is 6.43. The number of H-pyrrole nitrogens is 1. The topological polar surface area (TPSA) is 44.8 Å². The van der Waals surface area contributed by atoms with Crippen LogP contribution in [0.1, 0.15) is 42.6 Å². The van der Waals surface area contributed by atoms with Crippen LogP contribution in [0.3, 0.4) is 0 Å². The maximum atomic E-state index is 13.8. The van der Waals surface area contributed by atoms with E-state index in [1.165, 1.54) is 17.2 Å². The van der Waals surface area contributed by atoms with Crippen molar-refractivity contribution in [1.82, 2.24) is 19.9 Å². The molecule has 154 valence electrons. The van der Waals surface area contributed by atoms with Crippen LogP contribution in [0.25, 0.3) is 21.9 Å². The average molecular weight is 403 g/mol. The number of imidazole rings is 1. The van der Waals surface area contributed by atoms with E-state index in [0.717, 1.165) is 73.1 Å². The van der Waals surface area contributed by atoms with E-state index in [9.17, 15) is 4.39 Å². The van der Waals surface area contributed by atoms with Crippen LogP contribution in [0.4, 0.5) is 4.39 Å². The van der Waals surface area contributed by atoms with Gasteiger partial charge in [-0.3, -0.25) is 4.98 Å². The number of hydrogen-bond donors (Lipinski definition) is 1. The fraction of sp³-hybridized carbons (Fsp3) is 0.360. The maximum absolute atomic E-state index is 13.8. The molecule has 4 nitrogen and oxygen atoms in total. The summed E-state index contributed by atoms with van der Waals surface area (Å²) < 4.78 is 13.8. The summed E-state index contributed by atoms with van der Waals surface area (Å²) in [5.74, 6) is 1.34. The highest BCUT2D eigenvalue weighted by atomic mass is 19.1. The number of aromatic amines is 1. The Morgan fingerprint density at radius 2 is 1.90 bits per heavy atom. The van der Waals surface area contributed by atoms with E-state index in [0.29, 0.717) is 5.92 Å². The molecule has 0 bridgehead atoms. The van der Waals surface area contributed by atoms with E-state index in [1.807, 2.05) is 6.20 Å². The zero-order valence-corrected chi connectivity index (χ0v) is 17.4. The number of rotatable bonds is 5. The van der Waals surface area contributed by atoms with Gasteiger partial charge < -0.3 is 9.88 Å². The fourth-order valence-electron chi connectivity index (χ4n) is 4.68. The van der Waals surface area contributed by atoms with Crippen molar-refractivity contribution in [3.8, 4) is 0 Å². The predicted octanol–water partition coefficient (Wildman–Crippen LogP) is 5.23. The minimum absolute atomic E-state index is 0.189. The van der Waals surface area contributed by atoms with Crippen molar-refractivity contribution in [1.29, 1.82) is 0 Å². The van der Waals surface area contributed by atoms with Gasteiger partial charge in [-0.25, -0.2) is 9.37 Å². The highest BCUT2D eigenvalue weighted by Gasteiger charge is 2.22. The van der Waals surface area contributed by atoms with E-state index >= 15 is 0 Å². The van der Waals surface area contributed by atoms with Crippen LogP contribution in [-0.4, -0.2) is 39.5 Å². The van der Waals surface area contributed by atoms with Crippen LogP contribution in [-0.2, 0) is 12.8 Å². The molecule has 0 radical (unpaired) electrons. The Labute approximate surface area is 176 Å². The number of hydrogen-bond acceptors (Lipinski definition) is 3. The first-order valence-electron chi connectivity index (χ1n) is 10.9. The van der Waals surface area contributed by atoms with Crippen molar-refractivity contribution < 1.29 is 4.39 Å². The monoisotopic (exact) mass is 402 g/mol. The number of halogens is 1. The number of aryl methyl sites for hydroxylation is 1. The molecule has 0 saturated carbocycles. The summed E-state index contributed by atoms with van der Waals surface area (Å²) in [7, 11) is 0. The zero-order valence-electron chi connectivity index (χ0n) is 17.4.